The van der Waals surface area contributed by atoms with Gasteiger partial charge in [0, 0.05) is 0 Å². The van der Waals surface area contributed by atoms with Crippen LogP contribution in [0.1, 0.15) is 35.5 Å². The van der Waals surface area contributed by atoms with Crippen molar-refractivity contribution in [2.45, 2.75) is 39.7 Å². The average Bonchev–Trinajstić information content (AvgIpc) is 2.80. The van der Waals surface area contributed by atoms with E-state index in [1.165, 1.54) is 43.5 Å². The summed E-state index contributed by atoms with van der Waals surface area (Å²) in [6, 6.07) is 13.1. The predicted octanol–water partition coefficient (Wildman–Crippen LogP) is 4.35. The van der Waals surface area contributed by atoms with Crippen LogP contribution in [-0.4, -0.2) is 18.0 Å². The molecule has 2 nitrogen and oxygen atoms in total. The third-order valence-electron chi connectivity index (χ3n) is 4.67. The van der Waals surface area contributed by atoms with Crippen molar-refractivity contribution in [3.8, 4) is 0 Å². The molecule has 2 aromatic rings. The van der Waals surface area contributed by atoms with E-state index >= 15 is 0 Å². The van der Waals surface area contributed by atoms with Crippen LogP contribution in [0, 0.1) is 19.8 Å². The molecule has 2 heteroatoms. The van der Waals surface area contributed by atoms with E-state index in [-0.39, 0.29) is 0 Å². The third kappa shape index (κ3) is 3.76. The molecule has 0 bridgehead atoms. The molecule has 0 spiro atoms. The number of hydrogen-bond acceptors (Lipinski definition) is 2. The Bertz CT molecular complexity index is 545. The molecule has 1 aliphatic heterocycles. The molecule has 2 heterocycles. The highest BCUT2D eigenvalue weighted by atomic mass is 16.3. The van der Waals surface area contributed by atoms with Crippen molar-refractivity contribution in [2.24, 2.45) is 5.92 Å². The molecule has 1 fully saturated rings. The summed E-state index contributed by atoms with van der Waals surface area (Å²) >= 11 is 0. The van der Waals surface area contributed by atoms with E-state index in [2.05, 4.69) is 48.2 Å². The second-order valence-corrected chi connectivity index (χ2v) is 6.36. The summed E-state index contributed by atoms with van der Waals surface area (Å²) in [6.45, 7) is 7.51. The molecular formula is C19H25NO. The van der Waals surface area contributed by atoms with Crippen molar-refractivity contribution < 1.29 is 4.42 Å². The molecule has 0 N–H and O–H groups in total. The highest BCUT2D eigenvalue weighted by molar-refractivity contribution is 5.18. The number of nitrogens with zero attached hydrogens (tertiary/aromatic N) is 1. The minimum atomic E-state index is 0.837. The molecule has 1 saturated heterocycles. The molecular weight excluding hydrogens is 258 g/mol. The van der Waals surface area contributed by atoms with Gasteiger partial charge < -0.3 is 4.42 Å². The molecule has 0 radical (unpaired) electrons. The Labute approximate surface area is 127 Å². The molecule has 112 valence electrons. The van der Waals surface area contributed by atoms with Crippen molar-refractivity contribution in [2.75, 3.05) is 13.1 Å². The van der Waals surface area contributed by atoms with Gasteiger partial charge in [-0.2, -0.15) is 0 Å². The van der Waals surface area contributed by atoms with Gasteiger partial charge in [0.2, 0.25) is 0 Å². The van der Waals surface area contributed by atoms with Crippen molar-refractivity contribution in [1.29, 1.82) is 0 Å². The number of furan rings is 1. The number of aryl methyl sites for hydroxylation is 2. The lowest BCUT2D eigenvalue weighted by Gasteiger charge is -2.31. The highest BCUT2D eigenvalue weighted by Crippen LogP contribution is 2.23. The monoisotopic (exact) mass is 283 g/mol. The Hall–Kier alpha value is -1.54. The van der Waals surface area contributed by atoms with Gasteiger partial charge in [-0.05, 0) is 69.3 Å². The minimum absolute atomic E-state index is 0.837. The topological polar surface area (TPSA) is 16.4 Å². The number of hydrogen-bond donors (Lipinski definition) is 0. The smallest absolute Gasteiger partial charge is 0.118 e. The maximum absolute atomic E-state index is 5.80. The normalized spacial score (nSPS) is 17.2. The molecule has 1 aromatic heterocycles. The van der Waals surface area contributed by atoms with Gasteiger partial charge in [0.05, 0.1) is 6.54 Å². The average molecular weight is 283 g/mol. The lowest BCUT2D eigenvalue weighted by Crippen LogP contribution is -2.33. The van der Waals surface area contributed by atoms with Crippen LogP contribution in [0.15, 0.2) is 40.8 Å². The first kappa shape index (κ1) is 14.4. The Balaban J connectivity index is 1.49. The zero-order valence-corrected chi connectivity index (χ0v) is 13.1. The Morgan fingerprint density at radius 3 is 2.43 bits per heavy atom. The van der Waals surface area contributed by atoms with E-state index in [1.807, 2.05) is 6.92 Å². The summed E-state index contributed by atoms with van der Waals surface area (Å²) in [5.41, 5.74) is 2.75. The van der Waals surface area contributed by atoms with Gasteiger partial charge in [-0.15, -0.1) is 0 Å². The maximum Gasteiger partial charge on any atom is 0.118 e. The molecule has 0 saturated carbocycles. The lowest BCUT2D eigenvalue weighted by molar-refractivity contribution is 0.165. The van der Waals surface area contributed by atoms with Crippen LogP contribution < -0.4 is 0 Å². The van der Waals surface area contributed by atoms with Crippen LogP contribution in [0.4, 0.5) is 0 Å². The first-order valence-electron chi connectivity index (χ1n) is 8.03. The van der Waals surface area contributed by atoms with Gasteiger partial charge in [-0.1, -0.05) is 30.3 Å². The van der Waals surface area contributed by atoms with Crippen LogP contribution in [0.2, 0.25) is 0 Å². The Morgan fingerprint density at radius 1 is 1.10 bits per heavy atom. The summed E-state index contributed by atoms with van der Waals surface area (Å²) in [5.74, 6) is 3.01. The lowest BCUT2D eigenvalue weighted by atomic mass is 9.90. The first-order chi connectivity index (χ1) is 10.2. The van der Waals surface area contributed by atoms with Crippen LogP contribution in [0.3, 0.4) is 0 Å². The molecule has 0 aliphatic carbocycles. The number of likely N-dealkylation sites (tertiary alicyclic amines) is 1. The van der Waals surface area contributed by atoms with E-state index in [1.54, 1.807) is 0 Å². The minimum Gasteiger partial charge on any atom is -0.465 e. The second kappa shape index (κ2) is 6.48. The van der Waals surface area contributed by atoms with Gasteiger partial charge in [0.15, 0.2) is 0 Å². The number of rotatable bonds is 4. The molecule has 0 amide bonds. The van der Waals surface area contributed by atoms with E-state index < -0.39 is 0 Å². The summed E-state index contributed by atoms with van der Waals surface area (Å²) in [6.07, 6.45) is 3.83. The molecule has 21 heavy (non-hydrogen) atoms. The fourth-order valence-corrected chi connectivity index (χ4v) is 3.24. The van der Waals surface area contributed by atoms with E-state index in [9.17, 15) is 0 Å². The molecule has 1 aliphatic rings. The van der Waals surface area contributed by atoms with Gasteiger partial charge in [0.25, 0.3) is 0 Å². The van der Waals surface area contributed by atoms with Crippen LogP contribution in [0.5, 0.6) is 0 Å². The molecule has 1 aromatic carbocycles. The van der Waals surface area contributed by atoms with Crippen molar-refractivity contribution in [3.05, 3.63) is 59.0 Å². The largest absolute Gasteiger partial charge is 0.465 e. The molecule has 3 rings (SSSR count). The highest BCUT2D eigenvalue weighted by Gasteiger charge is 2.20. The summed E-state index contributed by atoms with van der Waals surface area (Å²) in [5, 5.41) is 0. The number of benzene rings is 1. The summed E-state index contributed by atoms with van der Waals surface area (Å²) < 4.78 is 5.80. The fourth-order valence-electron chi connectivity index (χ4n) is 3.24. The third-order valence-corrected chi connectivity index (χ3v) is 4.67. The Morgan fingerprint density at radius 2 is 1.81 bits per heavy atom. The predicted molar refractivity (Wildman–Crippen MR) is 86.3 cm³/mol. The van der Waals surface area contributed by atoms with Crippen LogP contribution in [-0.2, 0) is 13.0 Å². The van der Waals surface area contributed by atoms with Crippen LogP contribution in [0.25, 0.3) is 0 Å². The SMILES string of the molecule is Cc1cc(CN2CCC(Cc3ccccc3)CC2)oc1C. The van der Waals surface area contributed by atoms with Crippen molar-refractivity contribution in [1.82, 2.24) is 4.90 Å². The quantitative estimate of drug-likeness (QED) is 0.829. The maximum atomic E-state index is 5.80. The van der Waals surface area contributed by atoms with Gasteiger partial charge in [-0.25, -0.2) is 0 Å². The second-order valence-electron chi connectivity index (χ2n) is 6.36. The Kier molecular flexibility index (Phi) is 4.45. The van der Waals surface area contributed by atoms with Crippen molar-refractivity contribution >= 4 is 0 Å². The molecule has 0 atom stereocenters. The molecule has 0 unspecified atom stereocenters. The van der Waals surface area contributed by atoms with Crippen molar-refractivity contribution in [3.63, 3.8) is 0 Å². The first-order valence-corrected chi connectivity index (χ1v) is 8.03. The van der Waals surface area contributed by atoms with Gasteiger partial charge in [-0.3, -0.25) is 4.90 Å². The van der Waals surface area contributed by atoms with Gasteiger partial charge >= 0.3 is 0 Å². The summed E-state index contributed by atoms with van der Waals surface area (Å²) in [7, 11) is 0. The van der Waals surface area contributed by atoms with E-state index in [0.717, 1.165) is 24.0 Å². The van der Waals surface area contributed by atoms with E-state index in [0.29, 0.717) is 0 Å². The van der Waals surface area contributed by atoms with E-state index in [4.69, 9.17) is 4.42 Å². The van der Waals surface area contributed by atoms with Gasteiger partial charge in [0.1, 0.15) is 11.5 Å². The zero-order chi connectivity index (χ0) is 14.7. The number of piperidine rings is 1. The van der Waals surface area contributed by atoms with Crippen LogP contribution >= 0.6 is 0 Å². The zero-order valence-electron chi connectivity index (χ0n) is 13.1. The summed E-state index contributed by atoms with van der Waals surface area (Å²) in [4.78, 5) is 2.53. The fraction of sp³-hybridized carbons (Fsp3) is 0.474. The standard InChI is InChI=1S/C19H25NO/c1-15-12-19(21-16(15)2)14-20-10-8-18(9-11-20)13-17-6-4-3-5-7-17/h3-7,12,18H,8-11,13-14H2,1-2H3.